The summed E-state index contributed by atoms with van der Waals surface area (Å²) < 4.78 is 0. The highest BCUT2D eigenvalue weighted by atomic mass is 32.1. The summed E-state index contributed by atoms with van der Waals surface area (Å²) in [4.78, 5) is 31.0. The molecule has 0 spiro atoms. The van der Waals surface area contributed by atoms with E-state index in [-0.39, 0.29) is 17.9 Å². The first kappa shape index (κ1) is 20.5. The van der Waals surface area contributed by atoms with E-state index in [1.54, 1.807) is 4.90 Å². The summed E-state index contributed by atoms with van der Waals surface area (Å²) in [7, 11) is 0. The summed E-state index contributed by atoms with van der Waals surface area (Å²) in [5.41, 5.74) is 0. The van der Waals surface area contributed by atoms with Crippen molar-refractivity contribution in [3.8, 4) is 0 Å². The van der Waals surface area contributed by atoms with Gasteiger partial charge in [-0.05, 0) is 58.2 Å². The van der Waals surface area contributed by atoms with Crippen LogP contribution in [-0.2, 0) is 9.59 Å². The molecule has 3 saturated heterocycles. The summed E-state index contributed by atoms with van der Waals surface area (Å²) >= 11 is 1.42. The minimum atomic E-state index is -0.178. The van der Waals surface area contributed by atoms with Crippen LogP contribution in [0.1, 0.15) is 57.8 Å². The fourth-order valence-electron chi connectivity index (χ4n) is 4.54. The van der Waals surface area contributed by atoms with Gasteiger partial charge >= 0.3 is 0 Å². The molecule has 2 amide bonds. The Hall–Kier alpha value is -1.74. The summed E-state index contributed by atoms with van der Waals surface area (Å²) in [6, 6.07) is -0.178. The first-order valence-electron chi connectivity index (χ1n) is 11.1. The lowest BCUT2D eigenvalue weighted by molar-refractivity contribution is -0.122. The molecule has 0 aliphatic carbocycles. The molecular weight excluding hydrogens is 388 g/mol. The molecule has 3 aliphatic heterocycles. The van der Waals surface area contributed by atoms with Gasteiger partial charge in [0.15, 0.2) is 0 Å². The third kappa shape index (κ3) is 5.06. The van der Waals surface area contributed by atoms with Crippen molar-refractivity contribution in [1.82, 2.24) is 20.4 Å². The highest BCUT2D eigenvalue weighted by Crippen LogP contribution is 2.33. The Kier molecular flexibility index (Phi) is 6.97. The van der Waals surface area contributed by atoms with Crippen LogP contribution in [0.2, 0.25) is 0 Å². The largest absolute Gasteiger partial charge is 0.354 e. The van der Waals surface area contributed by atoms with Crippen molar-refractivity contribution < 1.29 is 9.59 Å². The second-order valence-electron chi connectivity index (χ2n) is 8.27. The Bertz CT molecular complexity index is 703. The number of carbonyl (C=O) groups is 2. The lowest BCUT2D eigenvalue weighted by atomic mass is 10.2. The van der Waals surface area contributed by atoms with Crippen LogP contribution in [-0.4, -0.2) is 72.2 Å². The van der Waals surface area contributed by atoms with Crippen molar-refractivity contribution in [2.24, 2.45) is 0 Å². The van der Waals surface area contributed by atoms with Gasteiger partial charge in [-0.1, -0.05) is 24.2 Å². The third-order valence-corrected chi connectivity index (χ3v) is 7.14. The maximum Gasteiger partial charge on any atom is 0.242 e. The monoisotopic (exact) mass is 420 g/mol. The van der Waals surface area contributed by atoms with Gasteiger partial charge in [0.2, 0.25) is 22.1 Å². The number of amides is 2. The number of aromatic nitrogens is 2. The number of nitrogens with one attached hydrogen (secondary N) is 1. The van der Waals surface area contributed by atoms with E-state index in [2.05, 4.69) is 25.3 Å². The Labute approximate surface area is 176 Å². The number of hydrogen-bond acceptors (Lipinski definition) is 7. The molecule has 3 fully saturated rings. The molecule has 3 aliphatic rings. The summed E-state index contributed by atoms with van der Waals surface area (Å²) in [6.45, 7) is 5.72. The second-order valence-corrected chi connectivity index (χ2v) is 9.20. The number of rotatable bonds is 7. The molecule has 0 radical (unpaired) electrons. The SMILES string of the molecule is O=C(NCCCN1CCCCCC1)C1CCCN1c1nnc(N2CCCC2=O)s1. The third-order valence-electron chi connectivity index (χ3n) is 6.16. The molecule has 1 aromatic heterocycles. The molecule has 9 heteroatoms. The van der Waals surface area contributed by atoms with Gasteiger partial charge in [-0.15, -0.1) is 10.2 Å². The fraction of sp³-hybridized carbons (Fsp3) is 0.800. The molecule has 0 saturated carbocycles. The van der Waals surface area contributed by atoms with E-state index in [0.717, 1.165) is 50.4 Å². The topological polar surface area (TPSA) is 81.7 Å². The van der Waals surface area contributed by atoms with Crippen LogP contribution in [0, 0.1) is 0 Å². The Morgan fingerprint density at radius 2 is 1.79 bits per heavy atom. The molecule has 0 bridgehead atoms. The maximum absolute atomic E-state index is 12.8. The number of hydrogen-bond donors (Lipinski definition) is 1. The number of anilines is 2. The van der Waals surface area contributed by atoms with Gasteiger partial charge in [0.25, 0.3) is 0 Å². The molecule has 0 aromatic carbocycles. The normalized spacial score (nSPS) is 23.6. The minimum absolute atomic E-state index is 0.0902. The molecule has 4 rings (SSSR count). The molecule has 1 atom stereocenters. The molecule has 1 aromatic rings. The Morgan fingerprint density at radius 3 is 2.55 bits per heavy atom. The summed E-state index contributed by atoms with van der Waals surface area (Å²) in [5, 5.41) is 13.1. The highest BCUT2D eigenvalue weighted by molar-refractivity contribution is 7.19. The van der Waals surface area contributed by atoms with Crippen LogP contribution in [0.5, 0.6) is 0 Å². The molecule has 4 heterocycles. The van der Waals surface area contributed by atoms with E-state index < -0.39 is 0 Å². The zero-order valence-electron chi connectivity index (χ0n) is 17.1. The van der Waals surface area contributed by atoms with E-state index in [9.17, 15) is 9.59 Å². The van der Waals surface area contributed by atoms with Gasteiger partial charge in [0.1, 0.15) is 6.04 Å². The Morgan fingerprint density at radius 1 is 1.00 bits per heavy atom. The van der Waals surface area contributed by atoms with Crippen molar-refractivity contribution in [3.63, 3.8) is 0 Å². The van der Waals surface area contributed by atoms with Crippen molar-refractivity contribution in [2.45, 2.75) is 63.8 Å². The molecular formula is C20H32N6O2S. The van der Waals surface area contributed by atoms with Crippen molar-refractivity contribution in [1.29, 1.82) is 0 Å². The molecule has 8 nitrogen and oxygen atoms in total. The highest BCUT2D eigenvalue weighted by Gasteiger charge is 2.34. The van der Waals surface area contributed by atoms with E-state index in [1.807, 2.05) is 0 Å². The van der Waals surface area contributed by atoms with Crippen LogP contribution >= 0.6 is 11.3 Å². The van der Waals surface area contributed by atoms with E-state index in [4.69, 9.17) is 0 Å². The molecule has 160 valence electrons. The number of carbonyl (C=O) groups excluding carboxylic acids is 2. The van der Waals surface area contributed by atoms with Gasteiger partial charge in [-0.2, -0.15) is 0 Å². The Balaban J connectivity index is 1.26. The van der Waals surface area contributed by atoms with Gasteiger partial charge in [-0.3, -0.25) is 14.5 Å². The fourth-order valence-corrected chi connectivity index (χ4v) is 5.51. The van der Waals surface area contributed by atoms with Crippen LogP contribution in [0.3, 0.4) is 0 Å². The molecule has 1 N–H and O–H groups in total. The second kappa shape index (κ2) is 9.84. The predicted molar refractivity (Wildman–Crippen MR) is 114 cm³/mol. The van der Waals surface area contributed by atoms with E-state index in [0.29, 0.717) is 18.1 Å². The van der Waals surface area contributed by atoms with Crippen LogP contribution in [0.25, 0.3) is 0 Å². The first-order valence-corrected chi connectivity index (χ1v) is 11.9. The van der Waals surface area contributed by atoms with Gasteiger partial charge in [0, 0.05) is 26.1 Å². The smallest absolute Gasteiger partial charge is 0.242 e. The van der Waals surface area contributed by atoms with Crippen LogP contribution in [0.4, 0.5) is 10.3 Å². The summed E-state index contributed by atoms with van der Waals surface area (Å²) in [6.07, 6.45) is 9.58. The zero-order valence-corrected chi connectivity index (χ0v) is 18.0. The maximum atomic E-state index is 12.8. The molecule has 29 heavy (non-hydrogen) atoms. The van der Waals surface area contributed by atoms with Crippen molar-refractivity contribution in [3.05, 3.63) is 0 Å². The van der Waals surface area contributed by atoms with E-state index in [1.165, 1.54) is 50.1 Å². The molecule has 1 unspecified atom stereocenters. The van der Waals surface area contributed by atoms with Crippen LogP contribution in [0.15, 0.2) is 0 Å². The van der Waals surface area contributed by atoms with Gasteiger partial charge in [-0.25, -0.2) is 0 Å². The van der Waals surface area contributed by atoms with Crippen LogP contribution < -0.4 is 15.1 Å². The summed E-state index contributed by atoms with van der Waals surface area (Å²) in [5.74, 6) is 0.209. The zero-order chi connectivity index (χ0) is 20.1. The van der Waals surface area contributed by atoms with Crippen molar-refractivity contribution >= 4 is 33.4 Å². The minimum Gasteiger partial charge on any atom is -0.354 e. The van der Waals surface area contributed by atoms with Crippen molar-refractivity contribution in [2.75, 3.05) is 49.1 Å². The van der Waals surface area contributed by atoms with E-state index >= 15 is 0 Å². The number of nitrogens with zero attached hydrogens (tertiary/aromatic N) is 5. The van der Waals surface area contributed by atoms with Gasteiger partial charge < -0.3 is 15.1 Å². The average molecular weight is 421 g/mol. The average Bonchev–Trinajstić information content (AvgIpc) is 3.43. The standard InChI is InChI=1S/C20H32N6O2S/c27-17-9-6-15-26(17)20-23-22-19(29-20)25-14-5-8-16(25)18(28)21-10-7-13-24-11-3-1-2-4-12-24/h16H,1-15H2,(H,21,28). The lowest BCUT2D eigenvalue weighted by Gasteiger charge is -2.23. The first-order chi connectivity index (χ1) is 14.2. The lowest BCUT2D eigenvalue weighted by Crippen LogP contribution is -2.44. The quantitative estimate of drug-likeness (QED) is 0.680. The van der Waals surface area contributed by atoms with Gasteiger partial charge in [0.05, 0.1) is 0 Å². The number of likely N-dealkylation sites (tertiary alicyclic amines) is 1. The predicted octanol–water partition coefficient (Wildman–Crippen LogP) is 2.02.